The largest absolute Gasteiger partial charge is 0.377 e. The summed E-state index contributed by atoms with van der Waals surface area (Å²) in [4.78, 5) is 0.182. The Morgan fingerprint density at radius 3 is 2.70 bits per heavy atom. The van der Waals surface area contributed by atoms with E-state index in [0.717, 1.165) is 5.56 Å². The minimum absolute atomic E-state index is 0.103. The Kier molecular flexibility index (Phi) is 4.71. The molecule has 0 spiro atoms. The minimum atomic E-state index is -3.57. The van der Waals surface area contributed by atoms with Crippen molar-refractivity contribution < 1.29 is 13.2 Å². The van der Waals surface area contributed by atoms with Crippen LogP contribution in [0.5, 0.6) is 0 Å². The van der Waals surface area contributed by atoms with Crippen LogP contribution in [0.3, 0.4) is 0 Å². The van der Waals surface area contributed by atoms with E-state index in [4.69, 9.17) is 22.1 Å². The van der Waals surface area contributed by atoms with E-state index in [2.05, 4.69) is 0 Å². The standard InChI is InChI=1S/C13H19ClN2O3S/c1-9-13(5-6-19-9)16(2)20(17,18)11-4-3-10(8-15)12(14)7-11/h3-4,7,9,13H,5-6,8,15H2,1-2H3. The number of halogens is 1. The summed E-state index contributed by atoms with van der Waals surface area (Å²) in [6.45, 7) is 2.75. The zero-order chi connectivity index (χ0) is 14.9. The molecular formula is C13H19ClN2O3S. The van der Waals surface area contributed by atoms with Crippen molar-refractivity contribution in [3.8, 4) is 0 Å². The maximum atomic E-state index is 12.6. The zero-order valence-electron chi connectivity index (χ0n) is 11.5. The van der Waals surface area contributed by atoms with Crippen molar-refractivity contribution in [3.05, 3.63) is 28.8 Å². The number of hydrogen-bond acceptors (Lipinski definition) is 4. The summed E-state index contributed by atoms with van der Waals surface area (Å²) in [7, 11) is -2.00. The van der Waals surface area contributed by atoms with Crippen molar-refractivity contribution in [2.45, 2.75) is 36.9 Å². The highest BCUT2D eigenvalue weighted by Crippen LogP contribution is 2.27. The second kappa shape index (κ2) is 5.99. The van der Waals surface area contributed by atoms with Crippen LogP contribution in [-0.2, 0) is 21.3 Å². The van der Waals surface area contributed by atoms with Crippen LogP contribution in [-0.4, -0.2) is 38.5 Å². The van der Waals surface area contributed by atoms with Crippen molar-refractivity contribution in [3.63, 3.8) is 0 Å². The molecule has 1 aromatic carbocycles. The number of rotatable bonds is 4. The molecule has 2 unspecified atom stereocenters. The van der Waals surface area contributed by atoms with Crippen LogP contribution in [0.25, 0.3) is 0 Å². The predicted molar refractivity (Wildman–Crippen MR) is 78.1 cm³/mol. The maximum absolute atomic E-state index is 12.6. The molecule has 2 atom stereocenters. The van der Waals surface area contributed by atoms with Crippen LogP contribution < -0.4 is 5.73 Å². The van der Waals surface area contributed by atoms with Gasteiger partial charge < -0.3 is 10.5 Å². The summed E-state index contributed by atoms with van der Waals surface area (Å²) >= 11 is 6.04. The molecular weight excluding hydrogens is 300 g/mol. The van der Waals surface area contributed by atoms with Gasteiger partial charge in [-0.05, 0) is 31.0 Å². The molecule has 1 aliphatic rings. The smallest absolute Gasteiger partial charge is 0.243 e. The van der Waals surface area contributed by atoms with Gasteiger partial charge in [0.05, 0.1) is 17.0 Å². The lowest BCUT2D eigenvalue weighted by atomic mass is 10.2. The molecule has 1 aliphatic heterocycles. The SMILES string of the molecule is CC1OCCC1N(C)S(=O)(=O)c1ccc(CN)c(Cl)c1. The second-order valence-electron chi connectivity index (χ2n) is 4.91. The summed E-state index contributed by atoms with van der Waals surface area (Å²) < 4.78 is 32.0. The highest BCUT2D eigenvalue weighted by molar-refractivity contribution is 7.89. The summed E-state index contributed by atoms with van der Waals surface area (Å²) in [6, 6.07) is 4.50. The van der Waals surface area contributed by atoms with Crippen LogP contribution in [0, 0.1) is 0 Å². The van der Waals surface area contributed by atoms with E-state index in [1.165, 1.54) is 10.4 Å². The molecule has 1 saturated heterocycles. The van der Waals surface area contributed by atoms with Crippen LogP contribution >= 0.6 is 11.6 Å². The molecule has 1 aromatic rings. The fourth-order valence-corrected chi connectivity index (χ4v) is 4.19. The molecule has 0 aliphatic carbocycles. The average Bonchev–Trinajstić information content (AvgIpc) is 2.83. The van der Waals surface area contributed by atoms with Gasteiger partial charge >= 0.3 is 0 Å². The summed E-state index contributed by atoms with van der Waals surface area (Å²) in [5.74, 6) is 0. The van der Waals surface area contributed by atoms with Crippen LogP contribution in [0.1, 0.15) is 18.9 Å². The van der Waals surface area contributed by atoms with Crippen LogP contribution in [0.2, 0.25) is 5.02 Å². The Bertz CT molecular complexity index is 591. The molecule has 1 fully saturated rings. The Morgan fingerprint density at radius 1 is 1.50 bits per heavy atom. The molecule has 2 rings (SSSR count). The zero-order valence-corrected chi connectivity index (χ0v) is 13.1. The molecule has 2 N–H and O–H groups in total. The number of likely N-dealkylation sites (N-methyl/N-ethyl adjacent to an activating group) is 1. The molecule has 1 heterocycles. The number of hydrogen-bond donors (Lipinski definition) is 1. The van der Waals surface area contributed by atoms with Gasteiger partial charge in [-0.25, -0.2) is 8.42 Å². The Balaban J connectivity index is 2.32. The van der Waals surface area contributed by atoms with E-state index in [0.29, 0.717) is 18.1 Å². The van der Waals surface area contributed by atoms with Gasteiger partial charge in [0.25, 0.3) is 0 Å². The normalized spacial score (nSPS) is 23.4. The van der Waals surface area contributed by atoms with Gasteiger partial charge in [0, 0.05) is 25.2 Å². The molecule has 7 heteroatoms. The molecule has 0 saturated carbocycles. The molecule has 0 bridgehead atoms. The van der Waals surface area contributed by atoms with Crippen molar-refractivity contribution in [2.24, 2.45) is 5.73 Å². The minimum Gasteiger partial charge on any atom is -0.377 e. The van der Waals surface area contributed by atoms with Crippen molar-refractivity contribution in [2.75, 3.05) is 13.7 Å². The third-order valence-corrected chi connectivity index (χ3v) is 5.96. The molecule has 112 valence electrons. The third kappa shape index (κ3) is 2.84. The third-order valence-electron chi connectivity index (χ3n) is 3.72. The molecule has 0 amide bonds. The Hall–Kier alpha value is -0.660. The number of nitrogens with two attached hydrogens (primary N) is 1. The molecule has 0 radical (unpaired) electrons. The quantitative estimate of drug-likeness (QED) is 0.915. The van der Waals surface area contributed by atoms with E-state index < -0.39 is 10.0 Å². The lowest BCUT2D eigenvalue weighted by Crippen LogP contribution is -2.40. The monoisotopic (exact) mass is 318 g/mol. The molecule has 20 heavy (non-hydrogen) atoms. The van der Waals surface area contributed by atoms with Gasteiger partial charge in [0.1, 0.15) is 0 Å². The highest BCUT2D eigenvalue weighted by atomic mass is 35.5. The number of nitrogens with zero attached hydrogens (tertiary/aromatic N) is 1. The predicted octanol–water partition coefficient (Wildman–Crippen LogP) is 1.60. The maximum Gasteiger partial charge on any atom is 0.243 e. The first kappa shape index (κ1) is 15.7. The number of ether oxygens (including phenoxy) is 1. The number of sulfonamides is 1. The fraction of sp³-hybridized carbons (Fsp3) is 0.538. The van der Waals surface area contributed by atoms with Crippen molar-refractivity contribution in [1.82, 2.24) is 4.31 Å². The topological polar surface area (TPSA) is 72.6 Å². The van der Waals surface area contributed by atoms with Crippen molar-refractivity contribution in [1.29, 1.82) is 0 Å². The van der Waals surface area contributed by atoms with Gasteiger partial charge in [-0.1, -0.05) is 17.7 Å². The summed E-state index contributed by atoms with van der Waals surface area (Å²) in [5.41, 5.74) is 6.25. The lowest BCUT2D eigenvalue weighted by Gasteiger charge is -2.26. The van der Waals surface area contributed by atoms with E-state index in [1.54, 1.807) is 19.2 Å². The Labute approximate surface area is 124 Å². The average molecular weight is 319 g/mol. The Morgan fingerprint density at radius 2 is 2.20 bits per heavy atom. The van der Waals surface area contributed by atoms with Crippen LogP contribution in [0.4, 0.5) is 0 Å². The second-order valence-corrected chi connectivity index (χ2v) is 7.32. The first-order valence-corrected chi connectivity index (χ1v) is 8.28. The van der Waals surface area contributed by atoms with E-state index in [9.17, 15) is 8.42 Å². The van der Waals surface area contributed by atoms with Gasteiger partial charge in [0.15, 0.2) is 0 Å². The first-order chi connectivity index (χ1) is 9.37. The van der Waals surface area contributed by atoms with Gasteiger partial charge in [-0.3, -0.25) is 0 Å². The van der Waals surface area contributed by atoms with Gasteiger partial charge in [-0.15, -0.1) is 0 Å². The van der Waals surface area contributed by atoms with Gasteiger partial charge in [-0.2, -0.15) is 4.31 Å². The summed E-state index contributed by atoms with van der Waals surface area (Å²) in [5, 5.41) is 0.373. The van der Waals surface area contributed by atoms with E-state index in [1.807, 2.05) is 6.92 Å². The summed E-state index contributed by atoms with van der Waals surface area (Å²) in [6.07, 6.45) is 0.597. The molecule has 5 nitrogen and oxygen atoms in total. The van der Waals surface area contributed by atoms with E-state index >= 15 is 0 Å². The highest BCUT2D eigenvalue weighted by Gasteiger charge is 2.35. The number of benzene rings is 1. The van der Waals surface area contributed by atoms with Gasteiger partial charge in [0.2, 0.25) is 10.0 Å². The lowest BCUT2D eigenvalue weighted by molar-refractivity contribution is 0.102. The fourth-order valence-electron chi connectivity index (χ4n) is 2.40. The van der Waals surface area contributed by atoms with Crippen molar-refractivity contribution >= 4 is 21.6 Å². The van der Waals surface area contributed by atoms with E-state index in [-0.39, 0.29) is 23.6 Å². The van der Waals surface area contributed by atoms with Crippen LogP contribution in [0.15, 0.2) is 23.1 Å². The first-order valence-electron chi connectivity index (χ1n) is 6.46. The molecule has 0 aromatic heterocycles.